The highest BCUT2D eigenvalue weighted by Crippen LogP contribution is 2.30. The first-order valence-electron chi connectivity index (χ1n) is 8.77. The van der Waals surface area contributed by atoms with Gasteiger partial charge in [0.15, 0.2) is 0 Å². The first kappa shape index (κ1) is 19.2. The fraction of sp³-hybridized carbons (Fsp3) is 0.130. The molecule has 0 saturated carbocycles. The van der Waals surface area contributed by atoms with E-state index in [1.807, 2.05) is 19.9 Å². The van der Waals surface area contributed by atoms with Crippen LogP contribution in [0.3, 0.4) is 0 Å². The largest absolute Gasteiger partial charge is 0.457 e. The second kappa shape index (κ2) is 8.39. The lowest BCUT2D eigenvalue weighted by molar-refractivity contribution is -0.131. The number of carbonyl (C=O) groups excluding carboxylic acids is 2. The number of hydrogen-bond acceptors (Lipinski definition) is 5. The summed E-state index contributed by atoms with van der Waals surface area (Å²) in [5.41, 5.74) is 2.05. The predicted octanol–water partition coefficient (Wildman–Crippen LogP) is 5.24. The molecule has 0 aliphatic carbocycles. The molecule has 3 aromatic carbocycles. The normalized spacial score (nSPS) is 10.2. The van der Waals surface area contributed by atoms with Crippen LogP contribution in [0.4, 0.5) is 0 Å². The van der Waals surface area contributed by atoms with Gasteiger partial charge in [-0.25, -0.2) is 4.79 Å². The number of ether oxygens (including phenoxy) is 3. The fourth-order valence-corrected chi connectivity index (χ4v) is 2.62. The Balaban J connectivity index is 1.71. The van der Waals surface area contributed by atoms with Crippen molar-refractivity contribution >= 4 is 11.9 Å². The van der Waals surface area contributed by atoms with Crippen molar-refractivity contribution in [2.45, 2.75) is 20.8 Å². The highest BCUT2D eigenvalue weighted by Gasteiger charge is 2.11. The summed E-state index contributed by atoms with van der Waals surface area (Å²) < 4.78 is 16.4. The molecule has 142 valence electrons. The number of benzene rings is 3. The van der Waals surface area contributed by atoms with Crippen LogP contribution < -0.4 is 14.2 Å². The lowest BCUT2D eigenvalue weighted by Crippen LogP contribution is -2.09. The van der Waals surface area contributed by atoms with Gasteiger partial charge < -0.3 is 14.2 Å². The summed E-state index contributed by atoms with van der Waals surface area (Å²) in [7, 11) is 0. The lowest BCUT2D eigenvalue weighted by atomic mass is 10.2. The summed E-state index contributed by atoms with van der Waals surface area (Å²) in [6.45, 7) is 5.04. The van der Waals surface area contributed by atoms with Crippen molar-refractivity contribution in [2.24, 2.45) is 0 Å². The number of esters is 2. The van der Waals surface area contributed by atoms with Gasteiger partial charge in [-0.05, 0) is 73.5 Å². The van der Waals surface area contributed by atoms with Crippen LogP contribution >= 0.6 is 0 Å². The molecule has 0 fully saturated rings. The highest BCUT2D eigenvalue weighted by atomic mass is 16.5. The first-order chi connectivity index (χ1) is 13.4. The molecule has 3 rings (SSSR count). The third-order valence-corrected chi connectivity index (χ3v) is 3.99. The zero-order chi connectivity index (χ0) is 20.1. The van der Waals surface area contributed by atoms with E-state index in [2.05, 4.69) is 0 Å². The van der Waals surface area contributed by atoms with Crippen molar-refractivity contribution in [3.63, 3.8) is 0 Å². The molecule has 0 aliphatic rings. The van der Waals surface area contributed by atoms with Crippen LogP contribution in [-0.4, -0.2) is 11.9 Å². The van der Waals surface area contributed by atoms with Crippen LogP contribution in [-0.2, 0) is 4.79 Å². The maximum absolute atomic E-state index is 12.2. The minimum absolute atomic E-state index is 0.368. The van der Waals surface area contributed by atoms with Crippen molar-refractivity contribution in [1.82, 2.24) is 0 Å². The van der Waals surface area contributed by atoms with Crippen LogP contribution in [0.1, 0.15) is 28.4 Å². The fourth-order valence-electron chi connectivity index (χ4n) is 2.62. The molecular weight excluding hydrogens is 356 g/mol. The Morgan fingerprint density at radius 2 is 1.25 bits per heavy atom. The highest BCUT2D eigenvalue weighted by molar-refractivity contribution is 5.91. The summed E-state index contributed by atoms with van der Waals surface area (Å²) in [6.07, 6.45) is 0. The monoisotopic (exact) mass is 376 g/mol. The molecule has 28 heavy (non-hydrogen) atoms. The molecule has 0 aromatic heterocycles. The molecule has 0 heterocycles. The van der Waals surface area contributed by atoms with Gasteiger partial charge in [0.2, 0.25) is 0 Å². The minimum atomic E-state index is -0.408. The van der Waals surface area contributed by atoms with Gasteiger partial charge in [0.25, 0.3) is 0 Å². The number of carbonyl (C=O) groups is 2. The number of rotatable bonds is 5. The summed E-state index contributed by atoms with van der Waals surface area (Å²) >= 11 is 0. The zero-order valence-electron chi connectivity index (χ0n) is 15.9. The van der Waals surface area contributed by atoms with Gasteiger partial charge in [-0.15, -0.1) is 0 Å². The summed E-state index contributed by atoms with van der Waals surface area (Å²) in [4.78, 5) is 23.3. The second-order valence-corrected chi connectivity index (χ2v) is 6.31. The first-order valence-corrected chi connectivity index (χ1v) is 8.77. The second-order valence-electron chi connectivity index (χ2n) is 6.31. The van der Waals surface area contributed by atoms with E-state index in [4.69, 9.17) is 14.2 Å². The van der Waals surface area contributed by atoms with Crippen LogP contribution in [0.15, 0.2) is 66.7 Å². The van der Waals surface area contributed by atoms with Gasteiger partial charge >= 0.3 is 11.9 Å². The Morgan fingerprint density at radius 1 is 0.714 bits per heavy atom. The van der Waals surface area contributed by atoms with E-state index in [9.17, 15) is 9.59 Å². The molecule has 0 radical (unpaired) electrons. The van der Waals surface area contributed by atoms with E-state index in [0.29, 0.717) is 28.6 Å². The van der Waals surface area contributed by atoms with Gasteiger partial charge in [0.1, 0.15) is 23.0 Å². The van der Waals surface area contributed by atoms with E-state index in [1.165, 1.54) is 6.92 Å². The molecule has 0 aliphatic heterocycles. The molecule has 0 atom stereocenters. The van der Waals surface area contributed by atoms with Gasteiger partial charge in [-0.2, -0.15) is 0 Å². The van der Waals surface area contributed by atoms with E-state index in [1.54, 1.807) is 60.7 Å². The summed E-state index contributed by atoms with van der Waals surface area (Å²) in [6, 6.07) is 19.3. The SMILES string of the molecule is CC(=O)Oc1ccc(Oc2ccc(OC(=O)c3ccccc3)c(C)c2)cc1C. The van der Waals surface area contributed by atoms with E-state index < -0.39 is 5.97 Å². The van der Waals surface area contributed by atoms with Crippen molar-refractivity contribution in [1.29, 1.82) is 0 Å². The quantitative estimate of drug-likeness (QED) is 0.450. The lowest BCUT2D eigenvalue weighted by Gasteiger charge is -2.12. The van der Waals surface area contributed by atoms with Gasteiger partial charge in [0.05, 0.1) is 5.56 Å². The number of aryl methyl sites for hydroxylation is 2. The molecule has 0 unspecified atom stereocenters. The molecule has 5 heteroatoms. The standard InChI is InChI=1S/C23H20O5/c1-15-13-19(9-11-21(15)26-17(3)24)27-20-10-12-22(16(2)14-20)28-23(25)18-7-5-4-6-8-18/h4-14H,1-3H3. The van der Waals surface area contributed by atoms with Gasteiger partial charge in [0, 0.05) is 6.92 Å². The van der Waals surface area contributed by atoms with Crippen LogP contribution in [0.2, 0.25) is 0 Å². The van der Waals surface area contributed by atoms with Crippen LogP contribution in [0, 0.1) is 13.8 Å². The Kier molecular flexibility index (Phi) is 5.75. The summed E-state index contributed by atoms with van der Waals surface area (Å²) in [5, 5.41) is 0. The van der Waals surface area contributed by atoms with Crippen LogP contribution in [0.5, 0.6) is 23.0 Å². The average molecular weight is 376 g/mol. The maximum Gasteiger partial charge on any atom is 0.343 e. The third-order valence-electron chi connectivity index (χ3n) is 3.99. The molecule has 0 saturated heterocycles. The Hall–Kier alpha value is -3.60. The van der Waals surface area contributed by atoms with E-state index in [0.717, 1.165) is 11.1 Å². The smallest absolute Gasteiger partial charge is 0.343 e. The van der Waals surface area contributed by atoms with Gasteiger partial charge in [-0.3, -0.25) is 4.79 Å². The Morgan fingerprint density at radius 3 is 1.75 bits per heavy atom. The summed E-state index contributed by atoms with van der Waals surface area (Å²) in [5.74, 6) is 1.42. The Labute approximate surface area is 163 Å². The molecule has 3 aromatic rings. The van der Waals surface area contributed by atoms with Gasteiger partial charge in [-0.1, -0.05) is 18.2 Å². The molecular formula is C23H20O5. The van der Waals surface area contributed by atoms with Crippen molar-refractivity contribution in [2.75, 3.05) is 0 Å². The molecule has 0 bridgehead atoms. The topological polar surface area (TPSA) is 61.8 Å². The zero-order valence-corrected chi connectivity index (χ0v) is 15.9. The third kappa shape index (κ3) is 4.76. The van der Waals surface area contributed by atoms with Crippen LogP contribution in [0.25, 0.3) is 0 Å². The molecule has 0 N–H and O–H groups in total. The minimum Gasteiger partial charge on any atom is -0.457 e. The molecule has 5 nitrogen and oxygen atoms in total. The average Bonchev–Trinajstić information content (AvgIpc) is 2.66. The Bertz CT molecular complexity index is 1010. The van der Waals surface area contributed by atoms with Crippen molar-refractivity contribution in [3.8, 4) is 23.0 Å². The molecule has 0 spiro atoms. The van der Waals surface area contributed by atoms with Crippen molar-refractivity contribution in [3.05, 3.63) is 83.4 Å². The van der Waals surface area contributed by atoms with Crippen molar-refractivity contribution < 1.29 is 23.8 Å². The van der Waals surface area contributed by atoms with E-state index >= 15 is 0 Å². The maximum atomic E-state index is 12.2. The molecule has 0 amide bonds. The predicted molar refractivity (Wildman–Crippen MR) is 105 cm³/mol. The number of hydrogen-bond donors (Lipinski definition) is 0. The van der Waals surface area contributed by atoms with E-state index in [-0.39, 0.29) is 5.97 Å².